The first-order valence-electron chi connectivity index (χ1n) is 10.7. The SMILES string of the molecule is CCCCCOc1ccc(N2C(=O)c3ccccc3N[C@@H]2c2cccc([N+](=O)[O-])c2)cc1. The number of nitro benzene ring substituents is 1. The minimum Gasteiger partial charge on any atom is -0.494 e. The smallest absolute Gasteiger partial charge is 0.269 e. The Morgan fingerprint density at radius 1 is 1.03 bits per heavy atom. The summed E-state index contributed by atoms with van der Waals surface area (Å²) in [6, 6.07) is 21.0. The number of benzene rings is 3. The molecule has 1 heterocycles. The van der Waals surface area contributed by atoms with Gasteiger partial charge in [0.05, 0.1) is 17.1 Å². The highest BCUT2D eigenvalue weighted by Crippen LogP contribution is 2.37. The molecule has 164 valence electrons. The lowest BCUT2D eigenvalue weighted by Gasteiger charge is -2.38. The van der Waals surface area contributed by atoms with Gasteiger partial charge in [-0.05, 0) is 42.8 Å². The lowest BCUT2D eigenvalue weighted by molar-refractivity contribution is -0.384. The second-order valence-electron chi connectivity index (χ2n) is 7.67. The van der Waals surface area contributed by atoms with Gasteiger partial charge in [0.1, 0.15) is 11.9 Å². The van der Waals surface area contributed by atoms with Crippen molar-refractivity contribution >= 4 is 23.0 Å². The van der Waals surface area contributed by atoms with Crippen LogP contribution >= 0.6 is 0 Å². The molecule has 0 saturated carbocycles. The second kappa shape index (κ2) is 9.51. The summed E-state index contributed by atoms with van der Waals surface area (Å²) in [7, 11) is 0. The predicted octanol–water partition coefficient (Wildman–Crippen LogP) is 5.93. The van der Waals surface area contributed by atoms with Gasteiger partial charge in [-0.15, -0.1) is 0 Å². The van der Waals surface area contributed by atoms with Crippen LogP contribution in [0.5, 0.6) is 5.75 Å². The van der Waals surface area contributed by atoms with Crippen LogP contribution in [0.1, 0.15) is 48.3 Å². The number of unbranched alkanes of at least 4 members (excludes halogenated alkanes) is 2. The van der Waals surface area contributed by atoms with E-state index in [1.165, 1.54) is 12.1 Å². The number of ether oxygens (including phenoxy) is 1. The molecule has 32 heavy (non-hydrogen) atoms. The Kier molecular flexibility index (Phi) is 6.35. The summed E-state index contributed by atoms with van der Waals surface area (Å²) in [4.78, 5) is 26.0. The van der Waals surface area contributed by atoms with E-state index in [0.29, 0.717) is 29.1 Å². The van der Waals surface area contributed by atoms with Crippen LogP contribution in [-0.4, -0.2) is 17.4 Å². The third-order valence-electron chi connectivity index (χ3n) is 5.45. The maximum Gasteiger partial charge on any atom is 0.269 e. The van der Waals surface area contributed by atoms with Crippen LogP contribution in [0.3, 0.4) is 0 Å². The van der Waals surface area contributed by atoms with Crippen molar-refractivity contribution in [3.05, 3.63) is 94.0 Å². The Hall–Kier alpha value is -3.87. The van der Waals surface area contributed by atoms with Crippen LogP contribution in [0.25, 0.3) is 0 Å². The molecule has 7 heteroatoms. The molecule has 7 nitrogen and oxygen atoms in total. The zero-order chi connectivity index (χ0) is 22.5. The van der Waals surface area contributed by atoms with E-state index in [1.54, 1.807) is 23.1 Å². The van der Waals surface area contributed by atoms with E-state index in [1.807, 2.05) is 42.5 Å². The number of rotatable bonds is 8. The molecular formula is C25H25N3O4. The summed E-state index contributed by atoms with van der Waals surface area (Å²) in [6.07, 6.45) is 2.66. The van der Waals surface area contributed by atoms with Gasteiger partial charge in [0, 0.05) is 29.1 Å². The molecule has 1 amide bonds. The zero-order valence-corrected chi connectivity index (χ0v) is 17.9. The number of nitro groups is 1. The van der Waals surface area contributed by atoms with Gasteiger partial charge < -0.3 is 10.1 Å². The molecule has 1 aliphatic heterocycles. The first-order valence-corrected chi connectivity index (χ1v) is 10.7. The normalized spacial score (nSPS) is 15.1. The van der Waals surface area contributed by atoms with Gasteiger partial charge in [0.2, 0.25) is 0 Å². The van der Waals surface area contributed by atoms with Crippen LogP contribution in [0, 0.1) is 10.1 Å². The van der Waals surface area contributed by atoms with Gasteiger partial charge in [-0.2, -0.15) is 0 Å². The molecule has 0 aliphatic carbocycles. The number of nitrogens with zero attached hydrogens (tertiary/aromatic N) is 2. The molecule has 0 radical (unpaired) electrons. The topological polar surface area (TPSA) is 84.7 Å². The van der Waals surface area contributed by atoms with Crippen molar-refractivity contribution in [3.63, 3.8) is 0 Å². The standard InChI is InChI=1S/C25H25N3O4/c1-2-3-6-16-32-21-14-12-19(13-15-21)27-24(18-8-7-9-20(17-18)28(30)31)26-23-11-5-4-10-22(23)25(27)29/h4-5,7-15,17,24,26H,2-3,6,16H2,1H3/t24-/m0/s1. The Balaban J connectivity index is 1.68. The highest BCUT2D eigenvalue weighted by molar-refractivity contribution is 6.12. The number of amides is 1. The van der Waals surface area contributed by atoms with Crippen molar-refractivity contribution in [1.82, 2.24) is 0 Å². The quantitative estimate of drug-likeness (QED) is 0.271. The number of hydrogen-bond acceptors (Lipinski definition) is 5. The van der Waals surface area contributed by atoms with E-state index >= 15 is 0 Å². The van der Waals surface area contributed by atoms with Crippen LogP contribution in [0.2, 0.25) is 0 Å². The van der Waals surface area contributed by atoms with Crippen molar-refractivity contribution in [2.24, 2.45) is 0 Å². The molecule has 0 spiro atoms. The van der Waals surface area contributed by atoms with E-state index < -0.39 is 11.1 Å². The molecule has 0 aromatic heterocycles. The van der Waals surface area contributed by atoms with Gasteiger partial charge in [0.15, 0.2) is 0 Å². The fourth-order valence-corrected chi connectivity index (χ4v) is 3.81. The monoisotopic (exact) mass is 431 g/mol. The highest BCUT2D eigenvalue weighted by Gasteiger charge is 2.34. The number of carbonyl (C=O) groups is 1. The first-order chi connectivity index (χ1) is 15.6. The van der Waals surface area contributed by atoms with Gasteiger partial charge in [-0.25, -0.2) is 0 Å². The van der Waals surface area contributed by atoms with Crippen molar-refractivity contribution < 1.29 is 14.5 Å². The Labute approximate surface area is 186 Å². The lowest BCUT2D eigenvalue weighted by atomic mass is 10.0. The number of nitrogens with one attached hydrogen (secondary N) is 1. The van der Waals surface area contributed by atoms with E-state index in [-0.39, 0.29) is 11.6 Å². The number of carbonyl (C=O) groups excluding carboxylic acids is 1. The third kappa shape index (κ3) is 4.42. The molecule has 0 saturated heterocycles. The second-order valence-corrected chi connectivity index (χ2v) is 7.67. The Morgan fingerprint density at radius 3 is 2.56 bits per heavy atom. The first kappa shape index (κ1) is 21.4. The fourth-order valence-electron chi connectivity index (χ4n) is 3.81. The zero-order valence-electron chi connectivity index (χ0n) is 17.9. The van der Waals surface area contributed by atoms with Crippen LogP contribution < -0.4 is 15.0 Å². The van der Waals surface area contributed by atoms with Gasteiger partial charge in [-0.3, -0.25) is 19.8 Å². The number of anilines is 2. The molecule has 3 aromatic rings. The van der Waals surface area contributed by atoms with Crippen molar-refractivity contribution in [2.45, 2.75) is 32.4 Å². The minimum atomic E-state index is -0.589. The van der Waals surface area contributed by atoms with E-state index in [0.717, 1.165) is 25.0 Å². The molecule has 0 bridgehead atoms. The largest absolute Gasteiger partial charge is 0.494 e. The summed E-state index contributed by atoms with van der Waals surface area (Å²) < 4.78 is 5.79. The fraction of sp³-hybridized carbons (Fsp3) is 0.240. The molecule has 3 aromatic carbocycles. The molecule has 4 rings (SSSR count). The molecule has 1 aliphatic rings. The Morgan fingerprint density at radius 2 is 1.81 bits per heavy atom. The minimum absolute atomic E-state index is 0.0219. The maximum absolute atomic E-state index is 13.5. The Bertz CT molecular complexity index is 1110. The summed E-state index contributed by atoms with van der Waals surface area (Å²) in [5.74, 6) is 0.571. The summed E-state index contributed by atoms with van der Waals surface area (Å²) in [6.45, 7) is 2.80. The molecule has 0 fully saturated rings. The van der Waals surface area contributed by atoms with Crippen molar-refractivity contribution in [2.75, 3.05) is 16.8 Å². The number of para-hydroxylation sites is 1. The van der Waals surface area contributed by atoms with Gasteiger partial charge >= 0.3 is 0 Å². The molecule has 1 N–H and O–H groups in total. The van der Waals surface area contributed by atoms with E-state index in [2.05, 4.69) is 12.2 Å². The summed E-state index contributed by atoms with van der Waals surface area (Å²) in [5, 5.41) is 14.7. The van der Waals surface area contributed by atoms with Gasteiger partial charge in [-0.1, -0.05) is 44.0 Å². The summed E-state index contributed by atoms with van der Waals surface area (Å²) in [5.41, 5.74) is 2.53. The van der Waals surface area contributed by atoms with Gasteiger partial charge in [0.25, 0.3) is 11.6 Å². The third-order valence-corrected chi connectivity index (χ3v) is 5.45. The molecular weight excluding hydrogens is 406 g/mol. The average molecular weight is 431 g/mol. The van der Waals surface area contributed by atoms with Crippen LogP contribution in [0.4, 0.5) is 17.1 Å². The maximum atomic E-state index is 13.5. The lowest BCUT2D eigenvalue weighted by Crippen LogP contribution is -2.43. The number of non-ortho nitro benzene ring substituents is 1. The van der Waals surface area contributed by atoms with E-state index in [9.17, 15) is 14.9 Å². The van der Waals surface area contributed by atoms with Crippen LogP contribution in [0.15, 0.2) is 72.8 Å². The van der Waals surface area contributed by atoms with Crippen molar-refractivity contribution in [1.29, 1.82) is 0 Å². The van der Waals surface area contributed by atoms with Crippen molar-refractivity contribution in [3.8, 4) is 5.75 Å². The summed E-state index contributed by atoms with van der Waals surface area (Å²) >= 11 is 0. The number of hydrogen-bond donors (Lipinski definition) is 1. The highest BCUT2D eigenvalue weighted by atomic mass is 16.6. The van der Waals surface area contributed by atoms with Crippen LogP contribution in [-0.2, 0) is 0 Å². The predicted molar refractivity (Wildman–Crippen MR) is 124 cm³/mol. The van der Waals surface area contributed by atoms with E-state index in [4.69, 9.17) is 4.74 Å². The molecule has 0 unspecified atom stereocenters. The number of fused-ring (bicyclic) bond motifs is 1. The molecule has 1 atom stereocenters. The average Bonchev–Trinajstić information content (AvgIpc) is 2.82.